The van der Waals surface area contributed by atoms with Crippen molar-refractivity contribution in [2.75, 3.05) is 0 Å². The number of nitrogens with zero attached hydrogens (tertiary/aromatic N) is 1. The van der Waals surface area contributed by atoms with Crippen molar-refractivity contribution in [3.63, 3.8) is 0 Å². The molecule has 2 heterocycles. The van der Waals surface area contributed by atoms with Crippen molar-refractivity contribution in [1.82, 2.24) is 0 Å². The number of furan rings is 1. The maximum Gasteiger partial charge on any atom is 0.151 e. The predicted octanol–water partition coefficient (Wildman–Crippen LogP) is 1.08. The fourth-order valence-corrected chi connectivity index (χ4v) is 1.64. The number of aliphatic imine (C=N–C) groups is 1. The summed E-state index contributed by atoms with van der Waals surface area (Å²) in [6, 6.07) is 1.96. The number of hydrogen-bond acceptors (Lipinski definition) is 2. The molecule has 0 aromatic carbocycles. The van der Waals surface area contributed by atoms with Crippen LogP contribution in [0.15, 0.2) is 21.7 Å². The molecule has 0 aliphatic carbocycles. The van der Waals surface area contributed by atoms with Gasteiger partial charge in [0, 0.05) is 11.4 Å². The Labute approximate surface area is 83.8 Å². The van der Waals surface area contributed by atoms with Crippen LogP contribution in [0.1, 0.15) is 6.92 Å². The van der Waals surface area contributed by atoms with E-state index in [1.807, 2.05) is 12.3 Å². The van der Waals surface area contributed by atoms with Crippen molar-refractivity contribution < 1.29 is 4.42 Å². The molecule has 0 radical (unpaired) electrons. The fourth-order valence-electron chi connectivity index (χ4n) is 1.15. The highest BCUT2D eigenvalue weighted by atomic mass is 127. The van der Waals surface area contributed by atoms with Crippen LogP contribution in [0.2, 0.25) is 0 Å². The summed E-state index contributed by atoms with van der Waals surface area (Å²) in [7, 11) is 0. The highest BCUT2D eigenvalue weighted by Crippen LogP contribution is 2.17. The largest absolute Gasteiger partial charge is 0.463 e. The van der Waals surface area contributed by atoms with E-state index < -0.39 is 0 Å². The third kappa shape index (κ3) is 1.46. The van der Waals surface area contributed by atoms with Crippen LogP contribution in [-0.2, 0) is 0 Å². The summed E-state index contributed by atoms with van der Waals surface area (Å²) < 4.78 is 5.21. The zero-order valence-electron chi connectivity index (χ0n) is 6.62. The second-order valence-electron chi connectivity index (χ2n) is 2.94. The summed E-state index contributed by atoms with van der Waals surface area (Å²) >= 11 is 2.34. The highest BCUT2D eigenvalue weighted by Gasteiger charge is 2.14. The third-order valence-corrected chi connectivity index (χ3v) is 2.27. The van der Waals surface area contributed by atoms with Gasteiger partial charge >= 0.3 is 0 Å². The van der Waals surface area contributed by atoms with E-state index in [0.29, 0.717) is 0 Å². The molecule has 1 aliphatic heterocycles. The zero-order chi connectivity index (χ0) is 8.60. The summed E-state index contributed by atoms with van der Waals surface area (Å²) in [5.74, 6) is 0. The summed E-state index contributed by atoms with van der Waals surface area (Å²) in [6.45, 7) is 2.10. The lowest BCUT2D eigenvalue weighted by molar-refractivity contribution is 0.530. The number of rotatable bonds is 0. The maximum absolute atomic E-state index is 5.23. The van der Waals surface area contributed by atoms with Gasteiger partial charge in [0.1, 0.15) is 0 Å². The summed E-state index contributed by atoms with van der Waals surface area (Å²) in [6.07, 6.45) is 7.48. The van der Waals surface area contributed by atoms with Crippen LogP contribution in [0.4, 0.5) is 0 Å². The van der Waals surface area contributed by atoms with Crippen LogP contribution in [0.5, 0.6) is 0 Å². The van der Waals surface area contributed by atoms with Gasteiger partial charge in [0.25, 0.3) is 0 Å². The van der Waals surface area contributed by atoms with Gasteiger partial charge in [-0.15, -0.1) is 0 Å². The Morgan fingerprint density at radius 2 is 2.42 bits per heavy atom. The van der Waals surface area contributed by atoms with Gasteiger partial charge in [-0.05, 0) is 13.0 Å². The van der Waals surface area contributed by atoms with Crippen molar-refractivity contribution in [2.45, 2.75) is 10.3 Å². The van der Waals surface area contributed by atoms with E-state index >= 15 is 0 Å². The number of fused-ring (bicyclic) bond motifs is 1. The summed E-state index contributed by atoms with van der Waals surface area (Å²) in [4.78, 5) is 4.15. The Bertz CT molecular complexity index is 428. The van der Waals surface area contributed by atoms with E-state index in [1.54, 1.807) is 12.5 Å². The van der Waals surface area contributed by atoms with Gasteiger partial charge in [-0.2, -0.15) is 0 Å². The molecule has 0 amide bonds. The van der Waals surface area contributed by atoms with E-state index in [0.717, 1.165) is 10.6 Å². The molecule has 1 aliphatic rings. The van der Waals surface area contributed by atoms with Crippen molar-refractivity contribution in [1.29, 1.82) is 0 Å². The molecular formula is C9H8INO. The van der Waals surface area contributed by atoms with Gasteiger partial charge in [-0.3, -0.25) is 4.99 Å². The van der Waals surface area contributed by atoms with E-state index in [2.05, 4.69) is 40.6 Å². The minimum atomic E-state index is -0.0105. The van der Waals surface area contributed by atoms with Gasteiger partial charge < -0.3 is 4.42 Å². The van der Waals surface area contributed by atoms with Crippen LogP contribution in [0, 0.1) is 0 Å². The van der Waals surface area contributed by atoms with Crippen molar-refractivity contribution >= 4 is 41.1 Å². The van der Waals surface area contributed by atoms with Crippen LogP contribution < -0.4 is 10.6 Å². The van der Waals surface area contributed by atoms with Gasteiger partial charge in [0.15, 0.2) is 5.42 Å². The fraction of sp³-hybridized carbons (Fsp3) is 0.222. The molecular weight excluding hydrogens is 265 g/mol. The van der Waals surface area contributed by atoms with Gasteiger partial charge in [-0.1, -0.05) is 28.7 Å². The number of alkyl halides is 1. The standard InChI is InChI=1S/C9H8INO/c1-9(10)4-7-2-3-12-8(7)5-11-6-9/h2-6H,1H3. The van der Waals surface area contributed by atoms with E-state index in [1.165, 1.54) is 0 Å². The molecule has 62 valence electrons. The average molecular weight is 273 g/mol. The van der Waals surface area contributed by atoms with Gasteiger partial charge in [0.2, 0.25) is 0 Å². The Hall–Kier alpha value is -0.580. The predicted molar refractivity (Wildman–Crippen MR) is 57.8 cm³/mol. The summed E-state index contributed by atoms with van der Waals surface area (Å²) in [5.41, 5.74) is 0.839. The Balaban J connectivity index is 2.75. The second-order valence-corrected chi connectivity index (χ2v) is 5.27. The first kappa shape index (κ1) is 8.04. The first-order valence-electron chi connectivity index (χ1n) is 3.67. The highest BCUT2D eigenvalue weighted by molar-refractivity contribution is 14.1. The smallest absolute Gasteiger partial charge is 0.151 e. The first-order valence-corrected chi connectivity index (χ1v) is 4.75. The average Bonchev–Trinajstić information content (AvgIpc) is 2.31. The lowest BCUT2D eigenvalue weighted by Gasteiger charge is -2.08. The first-order chi connectivity index (χ1) is 5.67. The molecule has 1 unspecified atom stereocenters. The Kier molecular flexibility index (Phi) is 1.83. The van der Waals surface area contributed by atoms with Crippen LogP contribution in [0.3, 0.4) is 0 Å². The van der Waals surface area contributed by atoms with Gasteiger partial charge in [0.05, 0.1) is 15.9 Å². The lowest BCUT2D eigenvalue weighted by atomic mass is 10.2. The molecule has 0 N–H and O–H groups in total. The van der Waals surface area contributed by atoms with E-state index in [-0.39, 0.29) is 3.42 Å². The van der Waals surface area contributed by atoms with Crippen LogP contribution in [-0.4, -0.2) is 9.64 Å². The molecule has 1 aromatic rings. The van der Waals surface area contributed by atoms with Crippen LogP contribution >= 0.6 is 22.6 Å². The van der Waals surface area contributed by atoms with Crippen molar-refractivity contribution in [2.24, 2.45) is 4.99 Å². The molecule has 0 saturated heterocycles. The van der Waals surface area contributed by atoms with Crippen molar-refractivity contribution in [3.8, 4) is 0 Å². The number of hydrogen-bond donors (Lipinski definition) is 0. The Morgan fingerprint density at radius 1 is 1.58 bits per heavy atom. The summed E-state index contributed by atoms with van der Waals surface area (Å²) in [5, 5.41) is 1.12. The zero-order valence-corrected chi connectivity index (χ0v) is 8.78. The van der Waals surface area contributed by atoms with Gasteiger partial charge in [-0.25, -0.2) is 0 Å². The minimum Gasteiger partial charge on any atom is -0.463 e. The number of halogens is 1. The molecule has 0 fully saturated rings. The molecule has 3 heteroatoms. The molecule has 2 nitrogen and oxygen atoms in total. The van der Waals surface area contributed by atoms with Crippen molar-refractivity contribution in [3.05, 3.63) is 23.0 Å². The molecule has 0 saturated carbocycles. The molecule has 0 bridgehead atoms. The quantitative estimate of drug-likeness (QED) is 0.513. The monoisotopic (exact) mass is 273 g/mol. The van der Waals surface area contributed by atoms with Crippen LogP contribution in [0.25, 0.3) is 12.3 Å². The molecule has 2 rings (SSSR count). The SMILES string of the molecule is CC1(I)C=NC=c2occc2=C1. The normalized spacial score (nSPS) is 26.8. The van der Waals surface area contributed by atoms with E-state index in [4.69, 9.17) is 4.42 Å². The molecule has 1 aromatic heterocycles. The Morgan fingerprint density at radius 3 is 3.25 bits per heavy atom. The molecule has 12 heavy (non-hydrogen) atoms. The topological polar surface area (TPSA) is 25.5 Å². The lowest BCUT2D eigenvalue weighted by Crippen LogP contribution is -2.23. The molecule has 1 atom stereocenters. The molecule has 0 spiro atoms. The third-order valence-electron chi connectivity index (χ3n) is 1.68. The maximum atomic E-state index is 5.23. The van der Waals surface area contributed by atoms with E-state index in [9.17, 15) is 0 Å². The second kappa shape index (κ2) is 2.73. The minimum absolute atomic E-state index is 0.0105.